The van der Waals surface area contributed by atoms with Gasteiger partial charge in [0.15, 0.2) is 0 Å². The van der Waals surface area contributed by atoms with Crippen LogP contribution in [0.15, 0.2) is 42.5 Å². The predicted molar refractivity (Wildman–Crippen MR) is 73.7 cm³/mol. The Hall–Kier alpha value is -2.16. The van der Waals surface area contributed by atoms with Crippen molar-refractivity contribution in [2.45, 2.75) is 13.0 Å². The smallest absolute Gasteiger partial charge is 0.115 e. The molecule has 1 aliphatic heterocycles. The third-order valence-corrected chi connectivity index (χ3v) is 3.44. The Morgan fingerprint density at radius 3 is 2.83 bits per heavy atom. The van der Waals surface area contributed by atoms with Crippen molar-refractivity contribution >= 4 is 11.4 Å². The number of nitrogens with two attached hydrogens (primary N) is 1. The van der Waals surface area contributed by atoms with Crippen LogP contribution in [0.1, 0.15) is 11.1 Å². The number of aromatic hydroxyl groups is 1. The fraction of sp³-hybridized carbons (Fsp3) is 0.200. The second-order valence-electron chi connectivity index (χ2n) is 4.69. The van der Waals surface area contributed by atoms with Crippen molar-refractivity contribution in [1.82, 2.24) is 0 Å². The Balaban J connectivity index is 1.87. The average molecular weight is 240 g/mol. The van der Waals surface area contributed by atoms with E-state index in [1.807, 2.05) is 30.3 Å². The minimum atomic E-state index is 0.319. The molecule has 0 fully saturated rings. The first-order valence-electron chi connectivity index (χ1n) is 6.14. The first-order valence-corrected chi connectivity index (χ1v) is 6.14. The Morgan fingerprint density at radius 2 is 2.00 bits per heavy atom. The van der Waals surface area contributed by atoms with Gasteiger partial charge in [-0.25, -0.2) is 0 Å². The maximum Gasteiger partial charge on any atom is 0.115 e. The Labute approximate surface area is 106 Å². The molecule has 3 heteroatoms. The molecule has 0 unspecified atom stereocenters. The summed E-state index contributed by atoms with van der Waals surface area (Å²) in [6.45, 7) is 1.80. The molecule has 0 amide bonds. The second-order valence-corrected chi connectivity index (χ2v) is 4.69. The van der Waals surface area contributed by atoms with Crippen LogP contribution in [-0.4, -0.2) is 11.7 Å². The molecule has 0 bridgehead atoms. The van der Waals surface area contributed by atoms with Crippen molar-refractivity contribution in [2.24, 2.45) is 0 Å². The van der Waals surface area contributed by atoms with Crippen molar-refractivity contribution in [2.75, 3.05) is 17.2 Å². The van der Waals surface area contributed by atoms with E-state index in [1.54, 1.807) is 6.07 Å². The van der Waals surface area contributed by atoms with Gasteiger partial charge in [-0.2, -0.15) is 0 Å². The van der Waals surface area contributed by atoms with Crippen LogP contribution in [0.3, 0.4) is 0 Å². The second kappa shape index (κ2) is 4.26. The summed E-state index contributed by atoms with van der Waals surface area (Å²) in [7, 11) is 0. The van der Waals surface area contributed by atoms with E-state index in [-0.39, 0.29) is 0 Å². The molecule has 3 rings (SSSR count). The monoisotopic (exact) mass is 240 g/mol. The van der Waals surface area contributed by atoms with Gasteiger partial charge in [0.1, 0.15) is 5.75 Å². The zero-order valence-electron chi connectivity index (χ0n) is 10.1. The van der Waals surface area contributed by atoms with Crippen LogP contribution in [0.2, 0.25) is 0 Å². The number of fused-ring (bicyclic) bond motifs is 1. The lowest BCUT2D eigenvalue weighted by molar-refractivity contribution is 0.474. The van der Waals surface area contributed by atoms with Gasteiger partial charge < -0.3 is 15.7 Å². The number of hydrogen-bond donors (Lipinski definition) is 2. The highest BCUT2D eigenvalue weighted by Crippen LogP contribution is 2.33. The molecule has 3 N–H and O–H groups in total. The Morgan fingerprint density at radius 1 is 1.17 bits per heavy atom. The number of benzene rings is 2. The summed E-state index contributed by atoms with van der Waals surface area (Å²) in [4.78, 5) is 2.31. The van der Waals surface area contributed by atoms with E-state index < -0.39 is 0 Å². The van der Waals surface area contributed by atoms with Crippen LogP contribution >= 0.6 is 0 Å². The number of rotatable bonds is 2. The molecule has 0 saturated heterocycles. The summed E-state index contributed by atoms with van der Waals surface area (Å²) in [6, 6.07) is 13.5. The van der Waals surface area contributed by atoms with Crippen LogP contribution in [0.25, 0.3) is 0 Å². The fourth-order valence-corrected chi connectivity index (χ4v) is 2.57. The van der Waals surface area contributed by atoms with Gasteiger partial charge in [-0.3, -0.25) is 0 Å². The first kappa shape index (κ1) is 11.0. The molecule has 0 atom stereocenters. The number of hydrogen-bond acceptors (Lipinski definition) is 3. The van der Waals surface area contributed by atoms with Crippen LogP contribution in [-0.2, 0) is 13.0 Å². The summed E-state index contributed by atoms with van der Waals surface area (Å²) in [5.41, 5.74) is 10.4. The molecule has 0 aliphatic carbocycles. The topological polar surface area (TPSA) is 49.5 Å². The van der Waals surface area contributed by atoms with E-state index in [4.69, 9.17) is 5.73 Å². The van der Waals surface area contributed by atoms with Crippen LogP contribution in [0, 0.1) is 0 Å². The Bertz CT molecular complexity index is 580. The van der Waals surface area contributed by atoms with Gasteiger partial charge in [0.25, 0.3) is 0 Å². The molecule has 1 heterocycles. The standard InChI is InChI=1S/C15H16N2O/c16-14-5-2-6-15-13(14)7-8-17(15)10-11-3-1-4-12(18)9-11/h1-6,9,18H,7-8,10,16H2. The molecule has 0 aromatic heterocycles. The molecular formula is C15H16N2O. The molecule has 18 heavy (non-hydrogen) atoms. The van der Waals surface area contributed by atoms with Gasteiger partial charge in [-0.1, -0.05) is 18.2 Å². The molecule has 1 aliphatic rings. The lowest BCUT2D eigenvalue weighted by Gasteiger charge is -2.19. The minimum Gasteiger partial charge on any atom is -0.508 e. The average Bonchev–Trinajstić information content (AvgIpc) is 2.74. The number of phenols is 1. The third kappa shape index (κ3) is 1.88. The highest BCUT2D eigenvalue weighted by Gasteiger charge is 2.20. The molecule has 3 nitrogen and oxygen atoms in total. The molecule has 92 valence electrons. The molecule has 2 aromatic carbocycles. The fourth-order valence-electron chi connectivity index (χ4n) is 2.57. The SMILES string of the molecule is Nc1cccc2c1CCN2Cc1cccc(O)c1. The van der Waals surface area contributed by atoms with E-state index in [2.05, 4.69) is 11.0 Å². The van der Waals surface area contributed by atoms with Gasteiger partial charge in [0.2, 0.25) is 0 Å². The summed E-state index contributed by atoms with van der Waals surface area (Å²) < 4.78 is 0. The van der Waals surface area contributed by atoms with Crippen molar-refractivity contribution in [3.63, 3.8) is 0 Å². The van der Waals surface area contributed by atoms with Gasteiger partial charge in [0.05, 0.1) is 0 Å². The molecule has 2 aromatic rings. The lowest BCUT2D eigenvalue weighted by atomic mass is 10.1. The molecule has 0 spiro atoms. The van der Waals surface area contributed by atoms with E-state index >= 15 is 0 Å². The van der Waals surface area contributed by atoms with E-state index in [0.29, 0.717) is 5.75 Å². The van der Waals surface area contributed by atoms with Crippen molar-refractivity contribution in [3.05, 3.63) is 53.6 Å². The largest absolute Gasteiger partial charge is 0.508 e. The van der Waals surface area contributed by atoms with Gasteiger partial charge >= 0.3 is 0 Å². The normalized spacial score (nSPS) is 13.7. The zero-order chi connectivity index (χ0) is 12.5. The predicted octanol–water partition coefficient (Wildman–Crippen LogP) is 2.54. The number of anilines is 2. The van der Waals surface area contributed by atoms with Crippen molar-refractivity contribution in [3.8, 4) is 5.75 Å². The van der Waals surface area contributed by atoms with E-state index in [0.717, 1.165) is 30.8 Å². The van der Waals surface area contributed by atoms with Gasteiger partial charge in [-0.15, -0.1) is 0 Å². The van der Waals surface area contributed by atoms with Gasteiger partial charge in [-0.05, 0) is 36.2 Å². The van der Waals surface area contributed by atoms with E-state index in [1.165, 1.54) is 11.3 Å². The number of nitrogens with zero attached hydrogens (tertiary/aromatic N) is 1. The van der Waals surface area contributed by atoms with Crippen LogP contribution in [0.5, 0.6) is 5.75 Å². The maximum atomic E-state index is 9.49. The lowest BCUT2D eigenvalue weighted by Crippen LogP contribution is -2.19. The van der Waals surface area contributed by atoms with Crippen LogP contribution < -0.4 is 10.6 Å². The minimum absolute atomic E-state index is 0.319. The maximum absolute atomic E-state index is 9.49. The van der Waals surface area contributed by atoms with Crippen molar-refractivity contribution < 1.29 is 5.11 Å². The first-order chi connectivity index (χ1) is 8.74. The molecule has 0 radical (unpaired) electrons. The highest BCUT2D eigenvalue weighted by molar-refractivity contribution is 5.68. The molecular weight excluding hydrogens is 224 g/mol. The quantitative estimate of drug-likeness (QED) is 0.793. The summed E-state index contributed by atoms with van der Waals surface area (Å²) >= 11 is 0. The van der Waals surface area contributed by atoms with Crippen molar-refractivity contribution in [1.29, 1.82) is 0 Å². The number of nitrogen functional groups attached to an aromatic ring is 1. The van der Waals surface area contributed by atoms with E-state index in [9.17, 15) is 5.11 Å². The third-order valence-electron chi connectivity index (χ3n) is 3.44. The zero-order valence-corrected chi connectivity index (χ0v) is 10.1. The summed E-state index contributed by atoms with van der Waals surface area (Å²) in [5.74, 6) is 0.319. The molecule has 0 saturated carbocycles. The van der Waals surface area contributed by atoms with Gasteiger partial charge in [0, 0.05) is 30.0 Å². The summed E-state index contributed by atoms with van der Waals surface area (Å²) in [5, 5.41) is 9.49. The number of phenolic OH excluding ortho intramolecular Hbond substituents is 1. The Kier molecular flexibility index (Phi) is 2.59. The summed E-state index contributed by atoms with van der Waals surface area (Å²) in [6.07, 6.45) is 1.00. The highest BCUT2D eigenvalue weighted by atomic mass is 16.3. The van der Waals surface area contributed by atoms with Crippen LogP contribution in [0.4, 0.5) is 11.4 Å².